The second kappa shape index (κ2) is 6.66. The van der Waals surface area contributed by atoms with Crippen molar-refractivity contribution >= 4 is 22.6 Å². The Morgan fingerprint density at radius 1 is 1.20 bits per heavy atom. The van der Waals surface area contributed by atoms with Gasteiger partial charge in [0.25, 0.3) is 11.5 Å². The Morgan fingerprint density at radius 2 is 1.88 bits per heavy atom. The van der Waals surface area contributed by atoms with Crippen LogP contribution >= 0.6 is 0 Å². The molecule has 25 heavy (non-hydrogen) atoms. The summed E-state index contributed by atoms with van der Waals surface area (Å²) in [5.41, 5.74) is -0.158. The summed E-state index contributed by atoms with van der Waals surface area (Å²) in [4.78, 5) is 38.4. The minimum atomic E-state index is -1.26. The fourth-order valence-electron chi connectivity index (χ4n) is 3.27. The number of fused-ring (bicyclic) bond motifs is 1. The van der Waals surface area contributed by atoms with Crippen molar-refractivity contribution in [1.82, 2.24) is 14.7 Å². The summed E-state index contributed by atoms with van der Waals surface area (Å²) < 4.78 is 1.27. The van der Waals surface area contributed by atoms with Gasteiger partial charge in [0.2, 0.25) is 0 Å². The number of carboxylic acids is 1. The molecule has 7 heteroatoms. The number of carboxylic acid groups (broad SMARTS) is 1. The summed E-state index contributed by atoms with van der Waals surface area (Å²) in [6.45, 7) is 3.96. The van der Waals surface area contributed by atoms with Gasteiger partial charge in [-0.2, -0.15) is 5.10 Å². The highest BCUT2D eigenvalue weighted by atomic mass is 16.4. The summed E-state index contributed by atoms with van der Waals surface area (Å²) in [5, 5.41) is 16.5. The van der Waals surface area contributed by atoms with Gasteiger partial charge in [-0.25, -0.2) is 4.68 Å². The summed E-state index contributed by atoms with van der Waals surface area (Å²) >= 11 is 0. The van der Waals surface area contributed by atoms with Gasteiger partial charge in [-0.15, -0.1) is 0 Å². The molecule has 0 saturated carbocycles. The first-order valence-electron chi connectivity index (χ1n) is 8.45. The number of carbonyl (C=O) groups is 2. The number of rotatable bonds is 3. The minimum absolute atomic E-state index is 0.108. The summed E-state index contributed by atoms with van der Waals surface area (Å²) in [6.07, 6.45) is 1.84. The number of hydrogen-bond acceptors (Lipinski definition) is 5. The Labute approximate surface area is 144 Å². The molecule has 1 aliphatic rings. The maximum absolute atomic E-state index is 13.1. The summed E-state index contributed by atoms with van der Waals surface area (Å²) in [7, 11) is 0. The Kier molecular flexibility index (Phi) is 4.57. The van der Waals surface area contributed by atoms with Gasteiger partial charge in [-0.05, 0) is 39.2 Å². The largest absolute Gasteiger partial charge is 0.548 e. The Bertz CT molecular complexity index is 888. The molecule has 0 spiro atoms. The molecule has 1 amide bonds. The topological polar surface area (TPSA) is 95.3 Å². The molecule has 0 N–H and O–H groups in total. The highest BCUT2D eigenvalue weighted by Gasteiger charge is 2.31. The number of likely N-dealkylation sites (tertiary alicyclic amines) is 1. The molecule has 1 saturated heterocycles. The van der Waals surface area contributed by atoms with Crippen LogP contribution in [0.2, 0.25) is 0 Å². The predicted molar refractivity (Wildman–Crippen MR) is 90.1 cm³/mol. The molecule has 132 valence electrons. The van der Waals surface area contributed by atoms with Gasteiger partial charge >= 0.3 is 0 Å². The van der Waals surface area contributed by atoms with E-state index in [2.05, 4.69) is 5.10 Å². The van der Waals surface area contributed by atoms with Gasteiger partial charge in [0.15, 0.2) is 5.69 Å². The number of aromatic nitrogens is 2. The maximum atomic E-state index is 13.1. The quantitative estimate of drug-likeness (QED) is 0.819. The molecular weight excluding hydrogens is 322 g/mol. The summed E-state index contributed by atoms with van der Waals surface area (Å²) in [6, 6.07) is 5.60. The number of carbonyl (C=O) groups excluding carboxylic acids is 2. The first-order valence-corrected chi connectivity index (χ1v) is 8.45. The molecule has 7 nitrogen and oxygen atoms in total. The van der Waals surface area contributed by atoms with Crippen molar-refractivity contribution in [2.75, 3.05) is 6.54 Å². The lowest BCUT2D eigenvalue weighted by Gasteiger charge is -2.36. The monoisotopic (exact) mass is 342 g/mol. The van der Waals surface area contributed by atoms with Crippen molar-refractivity contribution in [2.24, 2.45) is 0 Å². The molecule has 1 aliphatic heterocycles. The van der Waals surface area contributed by atoms with E-state index >= 15 is 0 Å². The van der Waals surface area contributed by atoms with Crippen molar-refractivity contribution in [3.8, 4) is 0 Å². The highest BCUT2D eigenvalue weighted by molar-refractivity contribution is 6.05. The van der Waals surface area contributed by atoms with Crippen LogP contribution in [0.5, 0.6) is 0 Å². The van der Waals surface area contributed by atoms with E-state index in [1.165, 1.54) is 9.58 Å². The SMILES string of the molecule is CC(C)n1nc(C(=O)N2CCCC[C@@H]2C(=O)[O-])c2ccccc2c1=O. The average molecular weight is 342 g/mol. The van der Waals surface area contributed by atoms with Crippen LogP contribution in [0, 0.1) is 0 Å². The highest BCUT2D eigenvalue weighted by Crippen LogP contribution is 2.22. The Morgan fingerprint density at radius 3 is 2.52 bits per heavy atom. The van der Waals surface area contributed by atoms with Crippen molar-refractivity contribution in [1.29, 1.82) is 0 Å². The predicted octanol–water partition coefficient (Wildman–Crippen LogP) is 0.722. The Balaban J connectivity index is 2.17. The van der Waals surface area contributed by atoms with Gasteiger partial charge in [0.05, 0.1) is 23.4 Å². The molecule has 1 atom stereocenters. The number of aliphatic carboxylic acids is 1. The second-order valence-electron chi connectivity index (χ2n) is 6.57. The van der Waals surface area contributed by atoms with Gasteiger partial charge in [0.1, 0.15) is 0 Å². The van der Waals surface area contributed by atoms with Crippen molar-refractivity contribution in [3.05, 3.63) is 40.3 Å². The van der Waals surface area contributed by atoms with Crippen molar-refractivity contribution in [3.63, 3.8) is 0 Å². The van der Waals surface area contributed by atoms with E-state index in [9.17, 15) is 19.5 Å². The van der Waals surface area contributed by atoms with Gasteiger partial charge in [-0.1, -0.05) is 18.2 Å². The number of piperidine rings is 1. The van der Waals surface area contributed by atoms with Crippen molar-refractivity contribution < 1.29 is 14.7 Å². The lowest BCUT2D eigenvalue weighted by Crippen LogP contribution is -2.53. The first-order chi connectivity index (χ1) is 11.9. The van der Waals surface area contributed by atoms with E-state index in [0.717, 1.165) is 12.8 Å². The van der Waals surface area contributed by atoms with Crippen LogP contribution in [0.4, 0.5) is 0 Å². The molecule has 1 aromatic heterocycles. The Hall–Kier alpha value is -2.70. The van der Waals surface area contributed by atoms with E-state index in [1.54, 1.807) is 24.3 Å². The minimum Gasteiger partial charge on any atom is -0.548 e. The fourth-order valence-corrected chi connectivity index (χ4v) is 3.27. The van der Waals surface area contributed by atoms with Crippen LogP contribution in [0.1, 0.15) is 49.6 Å². The van der Waals surface area contributed by atoms with E-state index in [4.69, 9.17) is 0 Å². The van der Waals surface area contributed by atoms with Gasteiger partial charge in [-0.3, -0.25) is 9.59 Å². The average Bonchev–Trinajstić information content (AvgIpc) is 2.61. The van der Waals surface area contributed by atoms with E-state index in [0.29, 0.717) is 23.7 Å². The van der Waals surface area contributed by atoms with Crippen LogP contribution in [0.15, 0.2) is 29.1 Å². The first kappa shape index (κ1) is 17.1. The van der Waals surface area contributed by atoms with E-state index < -0.39 is 17.9 Å². The van der Waals surface area contributed by atoms with E-state index in [1.807, 2.05) is 13.8 Å². The normalized spacial score (nSPS) is 17.9. The molecule has 1 aromatic carbocycles. The molecule has 2 aromatic rings. The molecule has 2 heterocycles. The zero-order chi connectivity index (χ0) is 18.1. The zero-order valence-corrected chi connectivity index (χ0v) is 14.3. The third-order valence-electron chi connectivity index (χ3n) is 4.56. The molecule has 0 unspecified atom stereocenters. The molecular formula is C18H20N3O4-. The third-order valence-corrected chi connectivity index (χ3v) is 4.56. The van der Waals surface area contributed by atoms with E-state index in [-0.39, 0.29) is 17.3 Å². The molecule has 0 aliphatic carbocycles. The van der Waals surface area contributed by atoms with Gasteiger partial charge < -0.3 is 14.8 Å². The molecule has 1 fully saturated rings. The lowest BCUT2D eigenvalue weighted by molar-refractivity contribution is -0.311. The molecule has 0 radical (unpaired) electrons. The van der Waals surface area contributed by atoms with Crippen LogP contribution in [-0.2, 0) is 4.79 Å². The van der Waals surface area contributed by atoms with Crippen LogP contribution in [0.25, 0.3) is 10.8 Å². The standard InChI is InChI=1S/C18H21N3O4/c1-11(2)21-16(22)13-8-4-3-7-12(13)15(19-21)17(23)20-10-6-5-9-14(20)18(24)25/h3-4,7-8,11,14H,5-6,9-10H2,1-2H3,(H,24,25)/p-1/t14-/m1/s1. The number of benzene rings is 1. The third kappa shape index (κ3) is 3.01. The van der Waals surface area contributed by atoms with Crippen LogP contribution in [-0.4, -0.2) is 39.1 Å². The lowest BCUT2D eigenvalue weighted by atomic mass is 10.0. The molecule has 3 rings (SSSR count). The molecule has 0 bridgehead atoms. The second-order valence-corrected chi connectivity index (χ2v) is 6.57. The van der Waals surface area contributed by atoms with Gasteiger partial charge in [0, 0.05) is 11.9 Å². The number of hydrogen-bond donors (Lipinski definition) is 0. The zero-order valence-electron chi connectivity index (χ0n) is 14.3. The smallest absolute Gasteiger partial charge is 0.275 e. The van der Waals surface area contributed by atoms with Crippen LogP contribution < -0.4 is 10.7 Å². The summed E-state index contributed by atoms with van der Waals surface area (Å²) in [5.74, 6) is -1.73. The maximum Gasteiger partial charge on any atom is 0.275 e. The number of nitrogens with zero attached hydrogens (tertiary/aromatic N) is 3. The fraction of sp³-hybridized carbons (Fsp3) is 0.444. The van der Waals surface area contributed by atoms with Crippen molar-refractivity contribution in [2.45, 2.75) is 45.2 Å². The van der Waals surface area contributed by atoms with Crippen LogP contribution in [0.3, 0.4) is 0 Å². The number of amides is 1.